The zero-order chi connectivity index (χ0) is 17.6. The van der Waals surface area contributed by atoms with Crippen LogP contribution in [0.1, 0.15) is 29.8 Å². The van der Waals surface area contributed by atoms with Gasteiger partial charge in [-0.3, -0.25) is 0 Å². The Balaban J connectivity index is 1.72. The first-order chi connectivity index (χ1) is 12.0. The average Bonchev–Trinajstić information content (AvgIpc) is 3.21. The van der Waals surface area contributed by atoms with Crippen LogP contribution in [-0.4, -0.2) is 15.2 Å². The third kappa shape index (κ3) is 2.78. The number of hydrogen-bond acceptors (Lipinski definition) is 5. The first-order valence-corrected chi connectivity index (χ1v) is 8.58. The van der Waals surface area contributed by atoms with Gasteiger partial charge in [-0.1, -0.05) is 40.5 Å². The fraction of sp³-hybridized carbons (Fsp3) is 0.222. The van der Waals surface area contributed by atoms with Gasteiger partial charge in [0, 0.05) is 26.9 Å². The second-order valence-electron chi connectivity index (χ2n) is 6.22. The largest absolute Gasteiger partial charge is 0.399 e. The molecule has 7 heteroatoms. The minimum atomic E-state index is -0.422. The smallest absolute Gasteiger partial charge is 0.257 e. The molecule has 0 atom stereocenters. The van der Waals surface area contributed by atoms with Gasteiger partial charge in [0.15, 0.2) is 5.82 Å². The van der Waals surface area contributed by atoms with Crippen LogP contribution in [0.25, 0.3) is 11.5 Å². The van der Waals surface area contributed by atoms with Crippen molar-refractivity contribution in [3.05, 3.63) is 63.4 Å². The predicted octanol–water partition coefficient (Wildman–Crippen LogP) is 4.20. The molecule has 0 aliphatic heterocycles. The van der Waals surface area contributed by atoms with E-state index in [1.54, 1.807) is 12.1 Å². The molecule has 1 aliphatic rings. The summed E-state index contributed by atoms with van der Waals surface area (Å²) in [5.41, 5.74) is 8.31. The summed E-state index contributed by atoms with van der Waals surface area (Å²) in [6.45, 7) is -0.00733. The zero-order valence-electron chi connectivity index (χ0n) is 13.2. The maximum Gasteiger partial charge on any atom is 0.257 e. The Morgan fingerprint density at radius 3 is 2.32 bits per heavy atom. The number of nitrogen functional groups attached to an aromatic ring is 1. The second kappa shape index (κ2) is 6.02. The molecular formula is C18H15Cl2N3O2. The van der Waals surface area contributed by atoms with Crippen molar-refractivity contribution < 1.29 is 9.63 Å². The fourth-order valence-electron chi connectivity index (χ4n) is 3.05. The number of anilines is 1. The highest BCUT2D eigenvalue weighted by Gasteiger charge is 2.52. The summed E-state index contributed by atoms with van der Waals surface area (Å²) in [5, 5.41) is 14.3. The molecule has 0 amide bonds. The van der Waals surface area contributed by atoms with Gasteiger partial charge in [0.1, 0.15) is 0 Å². The molecule has 0 spiro atoms. The van der Waals surface area contributed by atoms with Crippen LogP contribution in [0.3, 0.4) is 0 Å². The summed E-state index contributed by atoms with van der Waals surface area (Å²) in [4.78, 5) is 4.56. The van der Waals surface area contributed by atoms with E-state index in [1.807, 2.05) is 24.3 Å². The molecule has 2 aromatic carbocycles. The molecule has 128 valence electrons. The summed E-state index contributed by atoms with van der Waals surface area (Å²) in [6, 6.07) is 10.7. The highest BCUT2D eigenvalue weighted by Crippen LogP contribution is 2.56. The monoisotopic (exact) mass is 375 g/mol. The SMILES string of the molecule is Nc1cc(Cl)c(C2(c3noc(-c4ccc(CO)cc4)n3)CC2)c(Cl)c1. The average molecular weight is 376 g/mol. The second-order valence-corrected chi connectivity index (χ2v) is 7.03. The highest BCUT2D eigenvalue weighted by atomic mass is 35.5. The van der Waals surface area contributed by atoms with Gasteiger partial charge in [-0.05, 0) is 42.7 Å². The van der Waals surface area contributed by atoms with Gasteiger partial charge in [0.25, 0.3) is 5.89 Å². The Morgan fingerprint density at radius 1 is 1.12 bits per heavy atom. The molecule has 0 radical (unpaired) electrons. The lowest BCUT2D eigenvalue weighted by molar-refractivity contribution is 0.282. The highest BCUT2D eigenvalue weighted by molar-refractivity contribution is 6.36. The molecule has 4 rings (SSSR count). The maximum atomic E-state index is 9.13. The molecule has 0 bridgehead atoms. The van der Waals surface area contributed by atoms with Gasteiger partial charge in [-0.15, -0.1) is 0 Å². The van der Waals surface area contributed by atoms with E-state index in [-0.39, 0.29) is 6.61 Å². The summed E-state index contributed by atoms with van der Waals surface area (Å²) >= 11 is 12.8. The van der Waals surface area contributed by atoms with Crippen LogP contribution >= 0.6 is 23.2 Å². The van der Waals surface area contributed by atoms with Crippen LogP contribution in [0.15, 0.2) is 40.9 Å². The molecule has 1 aliphatic carbocycles. The van der Waals surface area contributed by atoms with Gasteiger partial charge >= 0.3 is 0 Å². The van der Waals surface area contributed by atoms with E-state index in [4.69, 9.17) is 38.6 Å². The third-order valence-corrected chi connectivity index (χ3v) is 5.13. The van der Waals surface area contributed by atoms with Crippen LogP contribution in [0.4, 0.5) is 5.69 Å². The van der Waals surface area contributed by atoms with Crippen molar-refractivity contribution in [1.29, 1.82) is 0 Å². The predicted molar refractivity (Wildman–Crippen MR) is 96.5 cm³/mol. The molecular weight excluding hydrogens is 361 g/mol. The van der Waals surface area contributed by atoms with Crippen molar-refractivity contribution in [2.75, 3.05) is 5.73 Å². The van der Waals surface area contributed by atoms with E-state index in [0.29, 0.717) is 27.4 Å². The molecule has 1 aromatic heterocycles. The standard InChI is InChI=1S/C18H15Cl2N3O2/c19-13-7-12(21)8-14(20)15(13)18(5-6-18)17-22-16(25-23-17)11-3-1-10(9-24)2-4-11/h1-4,7-8,24H,5-6,9,21H2. The minimum Gasteiger partial charge on any atom is -0.399 e. The fourth-order valence-corrected chi connectivity index (χ4v) is 3.91. The first kappa shape index (κ1) is 16.4. The van der Waals surface area contributed by atoms with E-state index in [0.717, 1.165) is 29.5 Å². The summed E-state index contributed by atoms with van der Waals surface area (Å²) < 4.78 is 5.44. The molecule has 3 aromatic rings. The van der Waals surface area contributed by atoms with Gasteiger partial charge in [0.2, 0.25) is 0 Å². The normalized spacial score (nSPS) is 15.3. The van der Waals surface area contributed by atoms with Crippen LogP contribution in [0, 0.1) is 0 Å². The third-order valence-electron chi connectivity index (χ3n) is 4.53. The Hall–Kier alpha value is -2.08. The number of hydrogen-bond donors (Lipinski definition) is 2. The van der Waals surface area contributed by atoms with Crippen molar-refractivity contribution in [1.82, 2.24) is 10.1 Å². The van der Waals surface area contributed by atoms with E-state index in [1.165, 1.54) is 0 Å². The van der Waals surface area contributed by atoms with E-state index < -0.39 is 5.41 Å². The lowest BCUT2D eigenvalue weighted by Crippen LogP contribution is -2.12. The van der Waals surface area contributed by atoms with Crippen LogP contribution in [-0.2, 0) is 12.0 Å². The number of rotatable bonds is 4. The number of halogens is 2. The van der Waals surface area contributed by atoms with Gasteiger partial charge in [-0.25, -0.2) is 0 Å². The van der Waals surface area contributed by atoms with E-state index >= 15 is 0 Å². The Kier molecular flexibility index (Phi) is 3.95. The molecule has 0 saturated heterocycles. The van der Waals surface area contributed by atoms with Crippen molar-refractivity contribution in [3.63, 3.8) is 0 Å². The van der Waals surface area contributed by atoms with Crippen LogP contribution in [0.5, 0.6) is 0 Å². The van der Waals surface area contributed by atoms with Crippen molar-refractivity contribution in [2.24, 2.45) is 0 Å². The van der Waals surface area contributed by atoms with Crippen molar-refractivity contribution >= 4 is 28.9 Å². The molecule has 1 fully saturated rings. The summed E-state index contributed by atoms with van der Waals surface area (Å²) in [6.07, 6.45) is 1.69. The van der Waals surface area contributed by atoms with E-state index in [2.05, 4.69) is 10.1 Å². The van der Waals surface area contributed by atoms with Gasteiger partial charge in [-0.2, -0.15) is 4.98 Å². The van der Waals surface area contributed by atoms with Crippen LogP contribution < -0.4 is 5.73 Å². The van der Waals surface area contributed by atoms with E-state index in [9.17, 15) is 0 Å². The molecule has 1 heterocycles. The lowest BCUT2D eigenvalue weighted by atomic mass is 9.94. The lowest BCUT2D eigenvalue weighted by Gasteiger charge is -2.15. The van der Waals surface area contributed by atoms with Crippen LogP contribution in [0.2, 0.25) is 10.0 Å². The number of nitrogens with zero attached hydrogens (tertiary/aromatic N) is 2. The van der Waals surface area contributed by atoms with Crippen molar-refractivity contribution in [3.8, 4) is 11.5 Å². The minimum absolute atomic E-state index is 0.00733. The number of aromatic nitrogens is 2. The van der Waals surface area contributed by atoms with Crippen molar-refractivity contribution in [2.45, 2.75) is 24.9 Å². The molecule has 3 N–H and O–H groups in total. The number of aliphatic hydroxyl groups is 1. The Bertz CT molecular complexity index is 911. The number of nitrogens with two attached hydrogens (primary N) is 1. The van der Waals surface area contributed by atoms with Gasteiger partial charge in [0.05, 0.1) is 12.0 Å². The Labute approximate surface area is 154 Å². The molecule has 25 heavy (non-hydrogen) atoms. The number of benzene rings is 2. The first-order valence-electron chi connectivity index (χ1n) is 7.83. The summed E-state index contributed by atoms with van der Waals surface area (Å²) in [5.74, 6) is 0.996. The number of aliphatic hydroxyl groups excluding tert-OH is 1. The topological polar surface area (TPSA) is 85.2 Å². The summed E-state index contributed by atoms with van der Waals surface area (Å²) in [7, 11) is 0. The quantitative estimate of drug-likeness (QED) is 0.667. The molecule has 1 saturated carbocycles. The Morgan fingerprint density at radius 2 is 1.76 bits per heavy atom. The molecule has 0 unspecified atom stereocenters. The molecule has 5 nitrogen and oxygen atoms in total. The zero-order valence-corrected chi connectivity index (χ0v) is 14.7. The maximum absolute atomic E-state index is 9.13. The van der Waals surface area contributed by atoms with Gasteiger partial charge < -0.3 is 15.4 Å².